The normalized spacial score (nSPS) is 26.1. The molecule has 2 bridgehead atoms. The number of ether oxygens (including phenoxy) is 2. The molecule has 8 atom stereocenters. The standard InChI is InChI=1S/C39H47BrClN3O7/c1-6-8-17-30(46)42-21-29(25-14-10-9-11-15-25)50-38(49)31-32-36(47)44(26(22-45)19-23(3)4)35(39(32)20-27(40)34(31)51-39)37(48)43(18-7-2)33-24(5)13-12-16-28(33)41/h6-7,9-16,23,26-27,29,31-32,34-35,45H,1-2,8,17-22H2,3-5H3,(H,42,46)/t26-,27?,29-,31+,32-,34+,35+,39-/m1/s1. The van der Waals surface area contributed by atoms with Crippen LogP contribution in [-0.2, 0) is 28.7 Å². The predicted octanol–water partition coefficient (Wildman–Crippen LogP) is 5.69. The van der Waals surface area contributed by atoms with Crippen molar-refractivity contribution in [2.75, 3.05) is 24.6 Å². The average Bonchev–Trinajstić information content (AvgIpc) is 3.70. The highest BCUT2D eigenvalue weighted by Crippen LogP contribution is 2.61. The number of rotatable bonds is 16. The number of aliphatic hydroxyl groups is 1. The van der Waals surface area contributed by atoms with Gasteiger partial charge in [-0.15, -0.1) is 13.2 Å². The van der Waals surface area contributed by atoms with E-state index >= 15 is 4.79 Å². The van der Waals surface area contributed by atoms with Crippen LogP contribution >= 0.6 is 27.5 Å². The second-order valence-electron chi connectivity index (χ2n) is 14.0. The summed E-state index contributed by atoms with van der Waals surface area (Å²) in [5, 5.41) is 13.9. The maximum absolute atomic E-state index is 15.1. The van der Waals surface area contributed by atoms with Crippen molar-refractivity contribution in [2.45, 2.75) is 81.2 Å². The number of carbonyl (C=O) groups excluding carboxylic acids is 4. The van der Waals surface area contributed by atoms with E-state index in [4.69, 9.17) is 21.1 Å². The van der Waals surface area contributed by atoms with Gasteiger partial charge in [-0.3, -0.25) is 19.2 Å². The first-order chi connectivity index (χ1) is 24.4. The van der Waals surface area contributed by atoms with Gasteiger partial charge in [0, 0.05) is 17.8 Å². The number of fused-ring (bicyclic) bond motifs is 1. The maximum atomic E-state index is 15.1. The summed E-state index contributed by atoms with van der Waals surface area (Å²) in [5.74, 6) is -3.81. The van der Waals surface area contributed by atoms with Crippen LogP contribution in [0.3, 0.4) is 0 Å². The Morgan fingerprint density at radius 2 is 1.90 bits per heavy atom. The zero-order valence-corrected chi connectivity index (χ0v) is 31.6. The Hall–Kier alpha value is -3.51. The number of para-hydroxylation sites is 1. The van der Waals surface area contributed by atoms with Crippen molar-refractivity contribution < 1.29 is 33.8 Å². The number of esters is 1. The monoisotopic (exact) mass is 783 g/mol. The lowest BCUT2D eigenvalue weighted by atomic mass is 9.70. The molecule has 0 aliphatic carbocycles. The number of hydrogen-bond donors (Lipinski definition) is 2. The minimum atomic E-state index is -1.41. The lowest BCUT2D eigenvalue weighted by molar-refractivity contribution is -0.161. The van der Waals surface area contributed by atoms with Crippen LogP contribution in [0.15, 0.2) is 73.8 Å². The fourth-order valence-electron chi connectivity index (χ4n) is 8.00. The summed E-state index contributed by atoms with van der Waals surface area (Å²) in [6.45, 7) is 13.1. The zero-order chi connectivity index (χ0) is 37.0. The van der Waals surface area contributed by atoms with Crippen molar-refractivity contribution in [3.63, 3.8) is 0 Å². The molecule has 3 aliphatic heterocycles. The minimum Gasteiger partial charge on any atom is -0.455 e. The fourth-order valence-corrected chi connectivity index (χ4v) is 9.27. The van der Waals surface area contributed by atoms with E-state index in [1.807, 2.05) is 45.0 Å². The van der Waals surface area contributed by atoms with Gasteiger partial charge in [0.15, 0.2) is 0 Å². The summed E-state index contributed by atoms with van der Waals surface area (Å²) in [7, 11) is 0. The summed E-state index contributed by atoms with van der Waals surface area (Å²) < 4.78 is 12.9. The molecule has 5 rings (SSSR count). The van der Waals surface area contributed by atoms with Gasteiger partial charge in [0.1, 0.15) is 17.7 Å². The van der Waals surface area contributed by atoms with Gasteiger partial charge >= 0.3 is 5.97 Å². The molecule has 3 aliphatic rings. The number of halogens is 2. The summed E-state index contributed by atoms with van der Waals surface area (Å²) in [4.78, 5) is 59.5. The van der Waals surface area contributed by atoms with E-state index < -0.39 is 59.5 Å². The number of anilines is 1. The van der Waals surface area contributed by atoms with Crippen LogP contribution in [0.5, 0.6) is 0 Å². The number of aryl methyl sites for hydroxylation is 1. The lowest BCUT2D eigenvalue weighted by Crippen LogP contribution is -2.59. The van der Waals surface area contributed by atoms with E-state index in [2.05, 4.69) is 34.4 Å². The molecule has 0 radical (unpaired) electrons. The molecular weight excluding hydrogens is 738 g/mol. The van der Waals surface area contributed by atoms with Crippen LogP contribution in [-0.4, -0.2) is 82.0 Å². The second-order valence-corrected chi connectivity index (χ2v) is 15.6. The minimum absolute atomic E-state index is 0.0212. The number of carbonyl (C=O) groups is 4. The summed E-state index contributed by atoms with van der Waals surface area (Å²) >= 11 is 10.4. The summed E-state index contributed by atoms with van der Waals surface area (Å²) in [6, 6.07) is 12.5. The van der Waals surface area contributed by atoms with Crippen LogP contribution in [0.4, 0.5) is 5.69 Å². The Bertz CT molecular complexity index is 1620. The molecule has 12 heteroatoms. The SMILES string of the molecule is C=CCCC(=O)NC[C@@H](OC(=O)[C@@H]1[C@H]2O[C@@]3(CC2Br)[C@H](C(=O)N(CC=C)c2c(C)cccc2Cl)N([C@@H](CO)CC(C)C)C(=O)[C@@H]13)c1ccccc1. The predicted molar refractivity (Wildman–Crippen MR) is 199 cm³/mol. The van der Waals surface area contributed by atoms with Gasteiger partial charge in [0.25, 0.3) is 5.91 Å². The molecule has 3 heterocycles. The third-order valence-electron chi connectivity index (χ3n) is 10.1. The molecule has 3 fully saturated rings. The number of likely N-dealkylation sites (tertiary alicyclic amines) is 1. The molecule has 1 spiro atoms. The molecule has 10 nitrogen and oxygen atoms in total. The Balaban J connectivity index is 1.55. The average molecular weight is 785 g/mol. The highest BCUT2D eigenvalue weighted by Gasteiger charge is 2.77. The van der Waals surface area contributed by atoms with Crippen molar-refractivity contribution in [3.05, 3.63) is 90.0 Å². The van der Waals surface area contributed by atoms with Crippen molar-refractivity contribution in [1.29, 1.82) is 0 Å². The molecule has 0 saturated carbocycles. The quantitative estimate of drug-likeness (QED) is 0.127. The molecule has 2 aromatic carbocycles. The molecule has 3 saturated heterocycles. The van der Waals surface area contributed by atoms with Crippen molar-refractivity contribution in [1.82, 2.24) is 10.2 Å². The highest BCUT2D eigenvalue weighted by molar-refractivity contribution is 9.09. The zero-order valence-electron chi connectivity index (χ0n) is 29.3. The molecule has 274 valence electrons. The number of amides is 3. The van der Waals surface area contributed by atoms with E-state index in [1.54, 1.807) is 36.4 Å². The fraction of sp³-hybridized carbons (Fsp3) is 0.487. The van der Waals surface area contributed by atoms with E-state index in [0.717, 1.165) is 5.56 Å². The largest absolute Gasteiger partial charge is 0.455 e. The van der Waals surface area contributed by atoms with Gasteiger partial charge in [-0.05, 0) is 49.3 Å². The molecule has 51 heavy (non-hydrogen) atoms. The Morgan fingerprint density at radius 1 is 1.18 bits per heavy atom. The van der Waals surface area contributed by atoms with Crippen LogP contribution in [0.2, 0.25) is 5.02 Å². The van der Waals surface area contributed by atoms with Crippen molar-refractivity contribution >= 4 is 56.9 Å². The molecule has 2 N–H and O–H groups in total. The van der Waals surface area contributed by atoms with Gasteiger partial charge in [0.2, 0.25) is 11.8 Å². The molecule has 3 amide bonds. The number of nitrogens with zero attached hydrogens (tertiary/aromatic N) is 2. The first-order valence-electron chi connectivity index (χ1n) is 17.4. The molecule has 2 aromatic rings. The number of aliphatic hydroxyl groups excluding tert-OH is 1. The number of alkyl halides is 1. The Morgan fingerprint density at radius 3 is 2.53 bits per heavy atom. The van der Waals surface area contributed by atoms with Crippen LogP contribution in [0.25, 0.3) is 0 Å². The molecular formula is C39H47BrClN3O7. The number of hydrogen-bond acceptors (Lipinski definition) is 7. The van der Waals surface area contributed by atoms with Crippen LogP contribution in [0.1, 0.15) is 56.8 Å². The summed E-state index contributed by atoms with van der Waals surface area (Å²) in [6.07, 6.45) is 3.07. The van der Waals surface area contributed by atoms with E-state index in [0.29, 0.717) is 29.1 Å². The van der Waals surface area contributed by atoms with E-state index in [9.17, 15) is 19.5 Å². The third kappa shape index (κ3) is 7.54. The first kappa shape index (κ1) is 38.7. The van der Waals surface area contributed by atoms with Gasteiger partial charge in [-0.2, -0.15) is 0 Å². The van der Waals surface area contributed by atoms with Gasteiger partial charge in [-0.25, -0.2) is 0 Å². The molecule has 0 aromatic heterocycles. The van der Waals surface area contributed by atoms with E-state index in [-0.39, 0.29) is 49.2 Å². The summed E-state index contributed by atoms with van der Waals surface area (Å²) in [5.41, 5.74) is 0.504. The number of allylic oxidation sites excluding steroid dienone is 1. The number of nitrogens with one attached hydrogen (secondary N) is 1. The maximum Gasteiger partial charge on any atom is 0.313 e. The van der Waals surface area contributed by atoms with Crippen molar-refractivity contribution in [3.8, 4) is 0 Å². The smallest absolute Gasteiger partial charge is 0.313 e. The van der Waals surface area contributed by atoms with Gasteiger partial charge < -0.3 is 29.7 Å². The van der Waals surface area contributed by atoms with Crippen LogP contribution < -0.4 is 10.2 Å². The van der Waals surface area contributed by atoms with Gasteiger partial charge in [0.05, 0.1) is 47.8 Å². The van der Waals surface area contributed by atoms with Crippen LogP contribution in [0, 0.1) is 24.7 Å². The second kappa shape index (κ2) is 16.4. The first-order valence-corrected chi connectivity index (χ1v) is 18.7. The molecule has 1 unspecified atom stereocenters. The highest BCUT2D eigenvalue weighted by atomic mass is 79.9. The Kier molecular flexibility index (Phi) is 12.5. The third-order valence-corrected chi connectivity index (χ3v) is 11.3. The van der Waals surface area contributed by atoms with Crippen molar-refractivity contribution in [2.24, 2.45) is 17.8 Å². The topological polar surface area (TPSA) is 125 Å². The van der Waals surface area contributed by atoms with Gasteiger partial charge in [-0.1, -0.05) is 96.0 Å². The van der Waals surface area contributed by atoms with E-state index in [1.165, 1.54) is 9.80 Å². The lowest BCUT2D eigenvalue weighted by Gasteiger charge is -2.40. The Labute approximate surface area is 313 Å². The number of benzene rings is 2.